The highest BCUT2D eigenvalue weighted by Gasteiger charge is 2.20. The highest BCUT2D eigenvalue weighted by atomic mass is 32.1. The Hall–Kier alpha value is -3.76. The second-order valence-corrected chi connectivity index (χ2v) is 9.22. The first-order valence-electron chi connectivity index (χ1n) is 11.7. The van der Waals surface area contributed by atoms with E-state index in [9.17, 15) is 4.79 Å². The summed E-state index contributed by atoms with van der Waals surface area (Å²) in [6, 6.07) is 7.66. The summed E-state index contributed by atoms with van der Waals surface area (Å²) in [7, 11) is 7.95. The molecule has 1 amide bonds. The van der Waals surface area contributed by atoms with Crippen molar-refractivity contribution < 1.29 is 28.5 Å². The summed E-state index contributed by atoms with van der Waals surface area (Å²) in [6.07, 6.45) is 4.06. The molecule has 0 atom stereocenters. The SMILES string of the molecule is COc1cc2c(cc1OC)CN(Cc1csc(NC(=O)/C=C/c3cc(OC)c(OC)c(OC)c3)n1)CC2. The number of thiazole rings is 1. The van der Waals surface area contributed by atoms with Gasteiger partial charge in [0, 0.05) is 31.1 Å². The number of hydrogen-bond donors (Lipinski definition) is 1. The Labute approximate surface area is 220 Å². The van der Waals surface area contributed by atoms with Crippen LogP contribution in [0, 0.1) is 0 Å². The molecule has 10 heteroatoms. The molecule has 1 aliphatic rings. The highest BCUT2D eigenvalue weighted by Crippen LogP contribution is 2.38. The molecule has 37 heavy (non-hydrogen) atoms. The van der Waals surface area contributed by atoms with Crippen molar-refractivity contribution in [2.45, 2.75) is 19.5 Å². The van der Waals surface area contributed by atoms with Crippen LogP contribution in [0.4, 0.5) is 5.13 Å². The van der Waals surface area contributed by atoms with E-state index < -0.39 is 0 Å². The number of hydrogen-bond acceptors (Lipinski definition) is 9. The van der Waals surface area contributed by atoms with Crippen LogP contribution in [0.1, 0.15) is 22.4 Å². The first kappa shape index (κ1) is 26.3. The third-order valence-electron chi connectivity index (χ3n) is 6.08. The number of nitrogens with one attached hydrogen (secondary N) is 1. The normalized spacial score (nSPS) is 13.2. The van der Waals surface area contributed by atoms with Gasteiger partial charge < -0.3 is 23.7 Å². The van der Waals surface area contributed by atoms with Crippen molar-refractivity contribution in [1.29, 1.82) is 0 Å². The summed E-state index contributed by atoms with van der Waals surface area (Å²) in [6.45, 7) is 2.41. The topological polar surface area (TPSA) is 91.4 Å². The van der Waals surface area contributed by atoms with Crippen LogP contribution in [-0.2, 0) is 24.3 Å². The second kappa shape index (κ2) is 12.0. The van der Waals surface area contributed by atoms with E-state index in [2.05, 4.69) is 21.3 Å². The molecule has 2 aromatic carbocycles. The maximum atomic E-state index is 12.5. The Morgan fingerprint density at radius 2 is 1.59 bits per heavy atom. The van der Waals surface area contributed by atoms with E-state index in [0.717, 1.165) is 42.3 Å². The van der Waals surface area contributed by atoms with E-state index in [1.54, 1.807) is 53.8 Å². The fraction of sp³-hybridized carbons (Fsp3) is 0.333. The lowest BCUT2D eigenvalue weighted by Gasteiger charge is -2.29. The molecular weight excluding hydrogens is 494 g/mol. The molecule has 3 aromatic rings. The first-order chi connectivity index (χ1) is 18.0. The van der Waals surface area contributed by atoms with Gasteiger partial charge in [-0.1, -0.05) is 0 Å². The molecule has 0 saturated heterocycles. The predicted molar refractivity (Wildman–Crippen MR) is 143 cm³/mol. The third-order valence-corrected chi connectivity index (χ3v) is 6.89. The minimum Gasteiger partial charge on any atom is -0.493 e. The number of rotatable bonds is 10. The minimum atomic E-state index is -0.275. The van der Waals surface area contributed by atoms with E-state index in [1.807, 2.05) is 11.4 Å². The number of benzene rings is 2. The number of fused-ring (bicyclic) bond motifs is 1. The maximum absolute atomic E-state index is 12.5. The molecular formula is C27H31N3O6S. The summed E-state index contributed by atoms with van der Waals surface area (Å²) in [4.78, 5) is 19.5. The summed E-state index contributed by atoms with van der Waals surface area (Å²) in [5, 5.41) is 5.37. The monoisotopic (exact) mass is 525 g/mol. The average molecular weight is 526 g/mol. The Morgan fingerprint density at radius 3 is 2.22 bits per heavy atom. The molecule has 1 N–H and O–H groups in total. The largest absolute Gasteiger partial charge is 0.493 e. The van der Waals surface area contributed by atoms with Crippen LogP contribution < -0.4 is 29.0 Å². The lowest BCUT2D eigenvalue weighted by atomic mass is 9.98. The van der Waals surface area contributed by atoms with Gasteiger partial charge in [0.25, 0.3) is 0 Å². The smallest absolute Gasteiger partial charge is 0.250 e. The molecule has 9 nitrogen and oxygen atoms in total. The maximum Gasteiger partial charge on any atom is 0.250 e. The number of carbonyl (C=O) groups excluding carboxylic acids is 1. The molecule has 1 aliphatic heterocycles. The molecule has 0 radical (unpaired) electrons. The molecule has 0 bridgehead atoms. The van der Waals surface area contributed by atoms with Gasteiger partial charge in [0.1, 0.15) is 0 Å². The van der Waals surface area contributed by atoms with E-state index >= 15 is 0 Å². The van der Waals surface area contributed by atoms with Gasteiger partial charge in [-0.05, 0) is 53.5 Å². The fourth-order valence-corrected chi connectivity index (χ4v) is 4.96. The fourth-order valence-electron chi connectivity index (χ4n) is 4.26. The van der Waals surface area contributed by atoms with Crippen molar-refractivity contribution in [2.24, 2.45) is 0 Å². The molecule has 0 aliphatic carbocycles. The van der Waals surface area contributed by atoms with Gasteiger partial charge in [-0.25, -0.2) is 4.98 Å². The van der Waals surface area contributed by atoms with Gasteiger partial charge in [-0.15, -0.1) is 11.3 Å². The first-order valence-corrected chi connectivity index (χ1v) is 12.6. The van der Waals surface area contributed by atoms with Gasteiger partial charge >= 0.3 is 0 Å². The number of anilines is 1. The van der Waals surface area contributed by atoms with Crippen LogP contribution in [0.5, 0.6) is 28.7 Å². The zero-order chi connectivity index (χ0) is 26.4. The zero-order valence-corrected chi connectivity index (χ0v) is 22.4. The number of nitrogens with zero attached hydrogens (tertiary/aromatic N) is 2. The van der Waals surface area contributed by atoms with Crippen molar-refractivity contribution in [1.82, 2.24) is 9.88 Å². The molecule has 0 saturated carbocycles. The summed E-state index contributed by atoms with van der Waals surface area (Å²) >= 11 is 1.41. The number of carbonyl (C=O) groups is 1. The number of aromatic nitrogens is 1. The van der Waals surface area contributed by atoms with E-state index in [4.69, 9.17) is 23.7 Å². The Morgan fingerprint density at radius 1 is 0.946 bits per heavy atom. The standard InChI is InChI=1S/C27H31N3O6S/c1-32-21-12-18-8-9-30(14-19(18)13-22(21)33-2)15-20-16-37-27(28-20)29-25(31)7-6-17-10-23(34-3)26(36-5)24(11-17)35-4/h6-7,10-13,16H,8-9,14-15H2,1-5H3,(H,28,29,31)/b7-6+. The number of amides is 1. The molecule has 2 heterocycles. The highest BCUT2D eigenvalue weighted by molar-refractivity contribution is 7.13. The third kappa shape index (κ3) is 6.15. The molecule has 0 spiro atoms. The molecule has 196 valence electrons. The number of ether oxygens (including phenoxy) is 5. The Kier molecular flexibility index (Phi) is 8.52. The van der Waals surface area contributed by atoms with Gasteiger partial charge in [-0.3, -0.25) is 15.0 Å². The van der Waals surface area contributed by atoms with Crippen molar-refractivity contribution >= 4 is 28.5 Å². The lowest BCUT2D eigenvalue weighted by Crippen LogP contribution is -2.30. The summed E-state index contributed by atoms with van der Waals surface area (Å²) < 4.78 is 27.0. The minimum absolute atomic E-state index is 0.275. The van der Waals surface area contributed by atoms with Crippen LogP contribution in [0.15, 0.2) is 35.7 Å². The second-order valence-electron chi connectivity index (χ2n) is 8.36. The predicted octanol–water partition coefficient (Wildman–Crippen LogP) is 4.40. The zero-order valence-electron chi connectivity index (χ0n) is 21.6. The summed E-state index contributed by atoms with van der Waals surface area (Å²) in [5.41, 5.74) is 4.16. The van der Waals surface area contributed by atoms with E-state index in [0.29, 0.717) is 28.9 Å². The average Bonchev–Trinajstić information content (AvgIpc) is 3.36. The Balaban J connectivity index is 1.37. The van der Waals surface area contributed by atoms with Gasteiger partial charge in [0.2, 0.25) is 11.7 Å². The molecule has 0 fully saturated rings. The van der Waals surface area contributed by atoms with Crippen molar-refractivity contribution in [3.8, 4) is 28.7 Å². The van der Waals surface area contributed by atoms with Crippen LogP contribution in [-0.4, -0.2) is 57.9 Å². The van der Waals surface area contributed by atoms with Gasteiger partial charge in [0.15, 0.2) is 28.1 Å². The van der Waals surface area contributed by atoms with Crippen LogP contribution >= 0.6 is 11.3 Å². The van der Waals surface area contributed by atoms with Crippen LogP contribution in [0.3, 0.4) is 0 Å². The molecule has 4 rings (SSSR count). The summed E-state index contributed by atoms with van der Waals surface area (Å²) in [5.74, 6) is 2.75. The van der Waals surface area contributed by atoms with Gasteiger partial charge in [-0.2, -0.15) is 0 Å². The van der Waals surface area contributed by atoms with Crippen molar-refractivity contribution in [3.05, 3.63) is 58.1 Å². The Bertz CT molecular complexity index is 1260. The number of methoxy groups -OCH3 is 5. The van der Waals surface area contributed by atoms with Crippen LogP contribution in [0.2, 0.25) is 0 Å². The van der Waals surface area contributed by atoms with E-state index in [1.165, 1.54) is 28.5 Å². The van der Waals surface area contributed by atoms with E-state index in [-0.39, 0.29) is 5.91 Å². The lowest BCUT2D eigenvalue weighted by molar-refractivity contribution is -0.111. The van der Waals surface area contributed by atoms with Crippen LogP contribution in [0.25, 0.3) is 6.08 Å². The quantitative estimate of drug-likeness (QED) is 0.390. The van der Waals surface area contributed by atoms with Crippen molar-refractivity contribution in [3.63, 3.8) is 0 Å². The molecule has 0 unspecified atom stereocenters. The molecule has 1 aromatic heterocycles. The van der Waals surface area contributed by atoms with Crippen molar-refractivity contribution in [2.75, 3.05) is 47.4 Å². The van der Waals surface area contributed by atoms with Gasteiger partial charge in [0.05, 0.1) is 41.2 Å².